The second-order valence-electron chi connectivity index (χ2n) is 5.98. The van der Waals surface area contributed by atoms with Crippen LogP contribution in [0.4, 0.5) is 0 Å². The number of methoxy groups -OCH3 is 1. The molecule has 1 aromatic rings. The van der Waals surface area contributed by atoms with Crippen molar-refractivity contribution in [2.75, 3.05) is 13.7 Å². The predicted octanol–water partition coefficient (Wildman–Crippen LogP) is 3.30. The van der Waals surface area contributed by atoms with Crippen LogP contribution in [-0.2, 0) is 4.74 Å². The molecule has 4 unspecified atom stereocenters. The fraction of sp³-hybridized carbons (Fsp3) is 0.647. The van der Waals surface area contributed by atoms with Gasteiger partial charge in [-0.2, -0.15) is 0 Å². The maximum absolute atomic E-state index is 6.05. The highest BCUT2D eigenvalue weighted by Crippen LogP contribution is 2.44. The van der Waals surface area contributed by atoms with Crippen LogP contribution in [0.15, 0.2) is 24.3 Å². The monoisotopic (exact) mass is 275 g/mol. The van der Waals surface area contributed by atoms with Crippen molar-refractivity contribution in [3.63, 3.8) is 0 Å². The number of hydrogen-bond acceptors (Lipinski definition) is 3. The molecule has 3 heteroatoms. The van der Waals surface area contributed by atoms with E-state index in [4.69, 9.17) is 9.47 Å². The molecule has 0 amide bonds. The molecule has 2 fully saturated rings. The zero-order chi connectivity index (χ0) is 13.9. The molecule has 3 rings (SSSR count). The van der Waals surface area contributed by atoms with Gasteiger partial charge in [0.25, 0.3) is 0 Å². The fourth-order valence-corrected chi connectivity index (χ4v) is 3.66. The summed E-state index contributed by atoms with van der Waals surface area (Å²) < 4.78 is 11.3. The van der Waals surface area contributed by atoms with E-state index in [1.54, 1.807) is 7.11 Å². The first-order valence-electron chi connectivity index (χ1n) is 7.84. The van der Waals surface area contributed by atoms with Gasteiger partial charge in [0.15, 0.2) is 0 Å². The maximum atomic E-state index is 6.05. The molecule has 2 aliphatic heterocycles. The molecule has 2 bridgehead atoms. The Morgan fingerprint density at radius 2 is 2.10 bits per heavy atom. The molecule has 0 aromatic heterocycles. The van der Waals surface area contributed by atoms with Crippen molar-refractivity contribution in [1.29, 1.82) is 0 Å². The summed E-state index contributed by atoms with van der Waals surface area (Å²) in [6.07, 6.45) is 5.82. The summed E-state index contributed by atoms with van der Waals surface area (Å²) >= 11 is 0. The number of nitrogens with one attached hydrogen (secondary N) is 1. The minimum absolute atomic E-state index is 0.413. The lowest BCUT2D eigenvalue weighted by molar-refractivity contribution is 0.0857. The molecule has 4 atom stereocenters. The van der Waals surface area contributed by atoms with Gasteiger partial charge in [-0.15, -0.1) is 0 Å². The van der Waals surface area contributed by atoms with Gasteiger partial charge in [-0.25, -0.2) is 0 Å². The number of fused-ring (bicyclic) bond motifs is 2. The Labute approximate surface area is 121 Å². The third kappa shape index (κ3) is 2.70. The van der Waals surface area contributed by atoms with Gasteiger partial charge < -0.3 is 14.8 Å². The fourth-order valence-electron chi connectivity index (χ4n) is 3.66. The van der Waals surface area contributed by atoms with E-state index < -0.39 is 0 Å². The van der Waals surface area contributed by atoms with E-state index in [-0.39, 0.29) is 0 Å². The molecule has 1 N–H and O–H groups in total. The Bertz CT molecular complexity index is 431. The molecular formula is C17H25NO2. The van der Waals surface area contributed by atoms with Gasteiger partial charge in [-0.1, -0.05) is 19.1 Å². The van der Waals surface area contributed by atoms with Crippen LogP contribution in [0.3, 0.4) is 0 Å². The first kappa shape index (κ1) is 13.9. The van der Waals surface area contributed by atoms with Crippen molar-refractivity contribution in [1.82, 2.24) is 5.32 Å². The van der Waals surface area contributed by atoms with Crippen LogP contribution in [0.25, 0.3) is 0 Å². The lowest BCUT2D eigenvalue weighted by Crippen LogP contribution is -2.34. The van der Waals surface area contributed by atoms with Crippen LogP contribution >= 0.6 is 0 Å². The van der Waals surface area contributed by atoms with Gasteiger partial charge in [0.05, 0.1) is 19.3 Å². The van der Waals surface area contributed by atoms with Crippen LogP contribution in [0.5, 0.6) is 5.75 Å². The van der Waals surface area contributed by atoms with E-state index in [0.717, 1.165) is 18.7 Å². The van der Waals surface area contributed by atoms with Crippen molar-refractivity contribution < 1.29 is 9.47 Å². The molecule has 2 heterocycles. The third-order valence-corrected chi connectivity index (χ3v) is 4.67. The van der Waals surface area contributed by atoms with E-state index in [1.165, 1.54) is 24.8 Å². The highest BCUT2D eigenvalue weighted by atomic mass is 16.5. The summed E-state index contributed by atoms with van der Waals surface area (Å²) in [6, 6.07) is 8.92. The number of hydrogen-bond donors (Lipinski definition) is 1. The van der Waals surface area contributed by atoms with Gasteiger partial charge >= 0.3 is 0 Å². The first-order chi connectivity index (χ1) is 9.81. The molecule has 110 valence electrons. The molecule has 1 aromatic carbocycles. The van der Waals surface area contributed by atoms with Crippen molar-refractivity contribution in [2.24, 2.45) is 5.92 Å². The number of benzene rings is 1. The predicted molar refractivity (Wildman–Crippen MR) is 80.0 cm³/mol. The van der Waals surface area contributed by atoms with Gasteiger partial charge in [-0.3, -0.25) is 0 Å². The van der Waals surface area contributed by atoms with Gasteiger partial charge in [0.2, 0.25) is 0 Å². The van der Waals surface area contributed by atoms with Crippen LogP contribution in [-0.4, -0.2) is 25.9 Å². The Hall–Kier alpha value is -1.06. The lowest BCUT2D eigenvalue weighted by atomic mass is 9.81. The summed E-state index contributed by atoms with van der Waals surface area (Å²) in [7, 11) is 1.71. The molecule has 0 spiro atoms. The second kappa shape index (κ2) is 6.15. The molecule has 0 saturated carbocycles. The Morgan fingerprint density at radius 3 is 2.65 bits per heavy atom. The van der Waals surface area contributed by atoms with Crippen LogP contribution < -0.4 is 10.1 Å². The molecule has 3 nitrogen and oxygen atoms in total. The number of rotatable bonds is 6. The van der Waals surface area contributed by atoms with Crippen molar-refractivity contribution >= 4 is 0 Å². The molecule has 2 aliphatic rings. The first-order valence-corrected chi connectivity index (χ1v) is 7.84. The van der Waals surface area contributed by atoms with Crippen LogP contribution in [0.2, 0.25) is 0 Å². The van der Waals surface area contributed by atoms with Gasteiger partial charge in [0.1, 0.15) is 5.75 Å². The van der Waals surface area contributed by atoms with Gasteiger partial charge in [-0.05, 0) is 49.9 Å². The summed E-state index contributed by atoms with van der Waals surface area (Å²) in [5, 5.41) is 3.73. The smallest absolute Gasteiger partial charge is 0.118 e. The van der Waals surface area contributed by atoms with Crippen molar-refractivity contribution in [3.8, 4) is 5.75 Å². The van der Waals surface area contributed by atoms with E-state index in [9.17, 15) is 0 Å². The minimum atomic E-state index is 0.413. The Balaban J connectivity index is 1.77. The normalized spacial score (nSPS) is 29.6. The standard InChI is InChI=1S/C17H25NO2/c1-3-10-18-17(12-4-6-13(19-2)7-5-12)15-11-14-8-9-16(15)20-14/h4-7,14-18H,3,8-11H2,1-2H3. The summed E-state index contributed by atoms with van der Waals surface area (Å²) in [6.45, 7) is 3.28. The topological polar surface area (TPSA) is 30.5 Å². The zero-order valence-corrected chi connectivity index (χ0v) is 12.5. The number of ether oxygens (including phenoxy) is 2. The van der Waals surface area contributed by atoms with E-state index in [2.05, 4.69) is 36.5 Å². The molecule has 2 saturated heterocycles. The second-order valence-corrected chi connectivity index (χ2v) is 5.98. The van der Waals surface area contributed by atoms with E-state index in [1.807, 2.05) is 0 Å². The highest BCUT2D eigenvalue weighted by Gasteiger charge is 2.44. The van der Waals surface area contributed by atoms with Crippen LogP contribution in [0.1, 0.15) is 44.2 Å². The average molecular weight is 275 g/mol. The van der Waals surface area contributed by atoms with Gasteiger partial charge in [0, 0.05) is 12.0 Å². The molecular weight excluding hydrogens is 250 g/mol. The van der Waals surface area contributed by atoms with E-state index in [0.29, 0.717) is 24.2 Å². The quantitative estimate of drug-likeness (QED) is 0.864. The maximum Gasteiger partial charge on any atom is 0.118 e. The lowest BCUT2D eigenvalue weighted by Gasteiger charge is -2.30. The summed E-state index contributed by atoms with van der Waals surface area (Å²) in [4.78, 5) is 0. The van der Waals surface area contributed by atoms with Crippen LogP contribution in [0, 0.1) is 5.92 Å². The summed E-state index contributed by atoms with van der Waals surface area (Å²) in [5.74, 6) is 1.54. The Morgan fingerprint density at radius 1 is 1.30 bits per heavy atom. The van der Waals surface area contributed by atoms with Crippen molar-refractivity contribution in [3.05, 3.63) is 29.8 Å². The molecule has 0 aliphatic carbocycles. The SMILES string of the molecule is CCCNC(c1ccc(OC)cc1)C1CC2CCC1O2. The zero-order valence-electron chi connectivity index (χ0n) is 12.5. The third-order valence-electron chi connectivity index (χ3n) is 4.67. The molecule has 0 radical (unpaired) electrons. The highest BCUT2D eigenvalue weighted by molar-refractivity contribution is 5.30. The largest absolute Gasteiger partial charge is 0.497 e. The van der Waals surface area contributed by atoms with Crippen molar-refractivity contribution in [2.45, 2.75) is 50.9 Å². The average Bonchev–Trinajstić information content (AvgIpc) is 3.11. The van der Waals surface area contributed by atoms with E-state index >= 15 is 0 Å². The summed E-state index contributed by atoms with van der Waals surface area (Å²) in [5.41, 5.74) is 1.36. The molecule has 20 heavy (non-hydrogen) atoms. The minimum Gasteiger partial charge on any atom is -0.497 e. The Kier molecular flexibility index (Phi) is 4.27.